The highest BCUT2D eigenvalue weighted by molar-refractivity contribution is 6.00. The van der Waals surface area contributed by atoms with Gasteiger partial charge < -0.3 is 9.47 Å². The van der Waals surface area contributed by atoms with Crippen LogP contribution < -0.4 is 0 Å². The number of halogens is 3. The summed E-state index contributed by atoms with van der Waals surface area (Å²) in [5.41, 5.74) is -1.69. The van der Waals surface area contributed by atoms with E-state index in [-0.39, 0.29) is 25.4 Å². The molecule has 0 spiro atoms. The third-order valence-corrected chi connectivity index (χ3v) is 3.28. The number of alkyl halides is 3. The zero-order chi connectivity index (χ0) is 16.8. The van der Waals surface area contributed by atoms with E-state index < -0.39 is 29.6 Å². The molecule has 0 bridgehead atoms. The van der Waals surface area contributed by atoms with E-state index in [0.29, 0.717) is 0 Å². The Bertz CT molecular complexity index is 360. The molecule has 1 unspecified atom stereocenters. The van der Waals surface area contributed by atoms with Crippen molar-refractivity contribution in [3.63, 3.8) is 0 Å². The number of esters is 2. The Balaban J connectivity index is 5.09. The quantitative estimate of drug-likeness (QED) is 0.533. The van der Waals surface area contributed by atoms with Gasteiger partial charge in [-0.25, -0.2) is 0 Å². The second-order valence-corrected chi connectivity index (χ2v) is 5.37. The molecule has 0 aliphatic rings. The van der Waals surface area contributed by atoms with E-state index in [9.17, 15) is 22.8 Å². The van der Waals surface area contributed by atoms with E-state index in [1.165, 1.54) is 0 Å². The van der Waals surface area contributed by atoms with Crippen LogP contribution in [0, 0.1) is 11.3 Å². The Labute approximate surface area is 123 Å². The highest BCUT2D eigenvalue weighted by atomic mass is 19.4. The standard InChI is InChI=1S/C14H23F3O4/c1-6-13(7-2,11(18)20-8-9(3)4)12(19)21-10(5)14(15,16)17/h9-10H,6-8H2,1-5H3. The van der Waals surface area contributed by atoms with Crippen LogP contribution >= 0.6 is 0 Å². The Morgan fingerprint density at radius 1 is 1.00 bits per heavy atom. The molecular weight excluding hydrogens is 289 g/mol. The summed E-state index contributed by atoms with van der Waals surface area (Å²) < 4.78 is 46.8. The van der Waals surface area contributed by atoms with Crippen molar-refractivity contribution >= 4 is 11.9 Å². The third kappa shape index (κ3) is 5.21. The molecule has 0 rings (SSSR count). The van der Waals surface area contributed by atoms with Crippen LogP contribution in [0.5, 0.6) is 0 Å². The minimum Gasteiger partial charge on any atom is -0.465 e. The van der Waals surface area contributed by atoms with E-state index >= 15 is 0 Å². The summed E-state index contributed by atoms with van der Waals surface area (Å²) in [5, 5.41) is 0. The number of ether oxygens (including phenoxy) is 2. The minimum atomic E-state index is -4.66. The van der Waals surface area contributed by atoms with E-state index in [1.54, 1.807) is 13.8 Å². The van der Waals surface area contributed by atoms with Crippen molar-refractivity contribution in [1.82, 2.24) is 0 Å². The minimum absolute atomic E-state index is 0.0177. The average molecular weight is 312 g/mol. The average Bonchev–Trinajstić information content (AvgIpc) is 2.37. The number of carbonyl (C=O) groups is 2. The lowest BCUT2D eigenvalue weighted by atomic mass is 9.82. The number of carbonyl (C=O) groups excluding carboxylic acids is 2. The molecule has 0 aromatic heterocycles. The Morgan fingerprint density at radius 2 is 1.48 bits per heavy atom. The van der Waals surface area contributed by atoms with Crippen LogP contribution in [0.3, 0.4) is 0 Å². The molecule has 0 amide bonds. The second kappa shape index (κ2) is 7.66. The molecule has 0 aromatic carbocycles. The van der Waals surface area contributed by atoms with Gasteiger partial charge in [0, 0.05) is 0 Å². The summed E-state index contributed by atoms with van der Waals surface area (Å²) in [5.74, 6) is -1.96. The zero-order valence-corrected chi connectivity index (χ0v) is 13.0. The van der Waals surface area contributed by atoms with Gasteiger partial charge >= 0.3 is 18.1 Å². The molecule has 7 heteroatoms. The maximum absolute atomic E-state index is 12.5. The van der Waals surface area contributed by atoms with Crippen molar-refractivity contribution in [2.24, 2.45) is 11.3 Å². The molecule has 0 aromatic rings. The summed E-state index contributed by atoms with van der Waals surface area (Å²) >= 11 is 0. The number of hydrogen-bond donors (Lipinski definition) is 0. The lowest BCUT2D eigenvalue weighted by Gasteiger charge is -2.29. The fourth-order valence-corrected chi connectivity index (χ4v) is 1.63. The summed E-state index contributed by atoms with van der Waals surface area (Å²) in [6, 6.07) is 0. The van der Waals surface area contributed by atoms with E-state index in [0.717, 1.165) is 6.92 Å². The second-order valence-electron chi connectivity index (χ2n) is 5.37. The van der Waals surface area contributed by atoms with Gasteiger partial charge in [-0.1, -0.05) is 27.7 Å². The van der Waals surface area contributed by atoms with Gasteiger partial charge in [-0.3, -0.25) is 9.59 Å². The number of rotatable bonds is 7. The van der Waals surface area contributed by atoms with Crippen LogP contribution in [0.15, 0.2) is 0 Å². The van der Waals surface area contributed by atoms with Crippen LogP contribution in [-0.4, -0.2) is 30.8 Å². The molecule has 0 radical (unpaired) electrons. The largest absolute Gasteiger partial charge is 0.465 e. The van der Waals surface area contributed by atoms with Gasteiger partial charge in [0.25, 0.3) is 0 Å². The molecule has 1 atom stereocenters. The van der Waals surface area contributed by atoms with E-state index in [1.807, 2.05) is 13.8 Å². The lowest BCUT2D eigenvalue weighted by molar-refractivity contribution is -0.223. The first-order valence-electron chi connectivity index (χ1n) is 6.96. The van der Waals surface area contributed by atoms with Crippen molar-refractivity contribution in [3.8, 4) is 0 Å². The van der Waals surface area contributed by atoms with Crippen LogP contribution in [-0.2, 0) is 19.1 Å². The van der Waals surface area contributed by atoms with Crippen LogP contribution in [0.4, 0.5) is 13.2 Å². The van der Waals surface area contributed by atoms with Gasteiger partial charge in [0.05, 0.1) is 6.61 Å². The Hall–Kier alpha value is -1.27. The van der Waals surface area contributed by atoms with Crippen LogP contribution in [0.25, 0.3) is 0 Å². The molecule has 0 fully saturated rings. The van der Waals surface area contributed by atoms with Crippen molar-refractivity contribution in [3.05, 3.63) is 0 Å². The zero-order valence-electron chi connectivity index (χ0n) is 13.0. The fraction of sp³-hybridized carbons (Fsp3) is 0.857. The molecule has 0 saturated carbocycles. The smallest absolute Gasteiger partial charge is 0.425 e. The van der Waals surface area contributed by atoms with E-state index in [2.05, 4.69) is 4.74 Å². The predicted molar refractivity (Wildman–Crippen MR) is 70.4 cm³/mol. The first-order valence-corrected chi connectivity index (χ1v) is 6.96. The third-order valence-electron chi connectivity index (χ3n) is 3.28. The summed E-state index contributed by atoms with van der Waals surface area (Å²) in [4.78, 5) is 24.1. The van der Waals surface area contributed by atoms with Gasteiger partial charge in [-0.05, 0) is 25.7 Å². The first kappa shape index (κ1) is 19.7. The summed E-state index contributed by atoms with van der Waals surface area (Å²) in [6.45, 7) is 7.54. The molecular formula is C14H23F3O4. The maximum Gasteiger partial charge on any atom is 0.425 e. The first-order chi connectivity index (χ1) is 9.51. The lowest BCUT2D eigenvalue weighted by Crippen LogP contribution is -2.44. The Kier molecular flexibility index (Phi) is 7.19. The highest BCUT2D eigenvalue weighted by Crippen LogP contribution is 2.33. The maximum atomic E-state index is 12.5. The Morgan fingerprint density at radius 3 is 1.81 bits per heavy atom. The number of hydrogen-bond acceptors (Lipinski definition) is 4. The predicted octanol–water partition coefficient (Wildman–Crippen LogP) is 3.49. The monoisotopic (exact) mass is 312 g/mol. The molecule has 21 heavy (non-hydrogen) atoms. The van der Waals surface area contributed by atoms with Gasteiger partial charge in [-0.2, -0.15) is 13.2 Å². The van der Waals surface area contributed by atoms with Gasteiger partial charge in [0.2, 0.25) is 0 Å². The molecule has 0 N–H and O–H groups in total. The fourth-order valence-electron chi connectivity index (χ4n) is 1.63. The molecule has 0 saturated heterocycles. The van der Waals surface area contributed by atoms with Crippen LogP contribution in [0.1, 0.15) is 47.5 Å². The van der Waals surface area contributed by atoms with Gasteiger partial charge in [-0.15, -0.1) is 0 Å². The van der Waals surface area contributed by atoms with Crippen molar-refractivity contribution in [1.29, 1.82) is 0 Å². The van der Waals surface area contributed by atoms with Crippen molar-refractivity contribution in [2.75, 3.05) is 6.61 Å². The molecule has 124 valence electrons. The normalized spacial score (nSPS) is 14.0. The van der Waals surface area contributed by atoms with Gasteiger partial charge in [0.15, 0.2) is 11.5 Å². The summed E-state index contributed by atoms with van der Waals surface area (Å²) in [7, 11) is 0. The topological polar surface area (TPSA) is 52.6 Å². The summed E-state index contributed by atoms with van der Waals surface area (Å²) in [6.07, 6.45) is -6.89. The molecule has 0 aliphatic carbocycles. The molecule has 0 aliphatic heterocycles. The highest BCUT2D eigenvalue weighted by Gasteiger charge is 2.49. The van der Waals surface area contributed by atoms with Crippen molar-refractivity contribution < 1.29 is 32.2 Å². The van der Waals surface area contributed by atoms with E-state index in [4.69, 9.17) is 4.74 Å². The SMILES string of the molecule is CCC(CC)(C(=O)OCC(C)C)C(=O)OC(C)C(F)(F)F. The van der Waals surface area contributed by atoms with Crippen molar-refractivity contribution in [2.45, 2.75) is 59.7 Å². The van der Waals surface area contributed by atoms with Gasteiger partial charge in [0.1, 0.15) is 0 Å². The molecule has 0 heterocycles. The molecule has 4 nitrogen and oxygen atoms in total. The van der Waals surface area contributed by atoms with Crippen LogP contribution in [0.2, 0.25) is 0 Å².